The topological polar surface area (TPSA) is 41.1 Å². The lowest BCUT2D eigenvalue weighted by molar-refractivity contribution is 0.0924. The van der Waals surface area contributed by atoms with Gasteiger partial charge < -0.3 is 10.6 Å². The van der Waals surface area contributed by atoms with Gasteiger partial charge in [0.25, 0.3) is 5.91 Å². The highest BCUT2D eigenvalue weighted by molar-refractivity contribution is 6.36. The van der Waals surface area contributed by atoms with Crippen LogP contribution in [-0.4, -0.2) is 25.0 Å². The van der Waals surface area contributed by atoms with Crippen LogP contribution < -0.4 is 10.6 Å². The molecule has 0 aromatic heterocycles. The molecule has 2 N–H and O–H groups in total. The molecule has 0 spiro atoms. The van der Waals surface area contributed by atoms with E-state index in [0.717, 1.165) is 12.6 Å². The van der Waals surface area contributed by atoms with Gasteiger partial charge in [-0.3, -0.25) is 4.79 Å². The Labute approximate surface area is 166 Å². The molecule has 1 aliphatic heterocycles. The Morgan fingerprint density at radius 3 is 2.58 bits per heavy atom. The quantitative estimate of drug-likeness (QED) is 0.762. The van der Waals surface area contributed by atoms with Crippen LogP contribution in [0, 0.1) is 11.6 Å². The summed E-state index contributed by atoms with van der Waals surface area (Å²) in [6, 6.07) is 8.25. The fourth-order valence-corrected chi connectivity index (χ4v) is 3.57. The van der Waals surface area contributed by atoms with Crippen LogP contribution in [0.25, 0.3) is 0 Å². The lowest BCUT2D eigenvalue weighted by atomic mass is 9.85. The van der Waals surface area contributed by atoms with Crippen LogP contribution in [0.2, 0.25) is 10.0 Å². The van der Waals surface area contributed by atoms with Gasteiger partial charge in [0.2, 0.25) is 0 Å². The highest BCUT2D eigenvalue weighted by Crippen LogP contribution is 2.28. The van der Waals surface area contributed by atoms with Crippen molar-refractivity contribution < 1.29 is 13.6 Å². The molecule has 3 nitrogen and oxygen atoms in total. The first kappa shape index (κ1) is 20.9. The van der Waals surface area contributed by atoms with Crippen molar-refractivity contribution in [2.75, 3.05) is 13.1 Å². The minimum Gasteiger partial charge on any atom is -0.347 e. The maximum atomic E-state index is 13.6. The van der Waals surface area contributed by atoms with E-state index in [1.54, 1.807) is 18.2 Å². The van der Waals surface area contributed by atoms with E-state index in [9.17, 15) is 13.6 Å². The first-order valence-electron chi connectivity index (χ1n) is 7.87. The minimum atomic E-state index is -0.887. The van der Waals surface area contributed by atoms with Gasteiger partial charge in [0.05, 0.1) is 10.6 Å². The predicted molar refractivity (Wildman–Crippen MR) is 102 cm³/mol. The van der Waals surface area contributed by atoms with Crippen molar-refractivity contribution >= 4 is 41.5 Å². The molecule has 3 rings (SSSR count). The normalized spacial score (nSPS) is 19.5. The Bertz CT molecular complexity index is 804. The highest BCUT2D eigenvalue weighted by atomic mass is 35.5. The van der Waals surface area contributed by atoms with Crippen molar-refractivity contribution in [2.24, 2.45) is 0 Å². The number of amides is 1. The van der Waals surface area contributed by atoms with Crippen LogP contribution in [0.4, 0.5) is 8.78 Å². The zero-order chi connectivity index (χ0) is 18.0. The maximum Gasteiger partial charge on any atom is 0.253 e. The van der Waals surface area contributed by atoms with Crippen molar-refractivity contribution in [2.45, 2.75) is 18.4 Å². The third-order valence-electron chi connectivity index (χ3n) is 4.35. The molecule has 2 aromatic carbocycles. The van der Waals surface area contributed by atoms with Gasteiger partial charge in [0.1, 0.15) is 0 Å². The summed E-state index contributed by atoms with van der Waals surface area (Å²) >= 11 is 11.9. The molecule has 140 valence electrons. The molecule has 1 amide bonds. The lowest BCUT2D eigenvalue weighted by Gasteiger charge is -2.33. The van der Waals surface area contributed by atoms with Gasteiger partial charge in [0.15, 0.2) is 11.6 Å². The molecule has 2 aromatic rings. The molecule has 1 fully saturated rings. The molecule has 1 heterocycles. The smallest absolute Gasteiger partial charge is 0.253 e. The fourth-order valence-electron chi connectivity index (χ4n) is 3.07. The fraction of sp³-hybridized carbons (Fsp3) is 0.278. The molecule has 8 heteroatoms. The summed E-state index contributed by atoms with van der Waals surface area (Å²) in [6.45, 7) is 1.26. The van der Waals surface area contributed by atoms with Crippen molar-refractivity contribution in [1.82, 2.24) is 10.6 Å². The summed E-state index contributed by atoms with van der Waals surface area (Å²) in [6.07, 6.45) is 0.699. The Morgan fingerprint density at radius 1 is 1.12 bits per heavy atom. The number of nitrogens with one attached hydrogen (secondary N) is 2. The molecular weight excluding hydrogens is 405 g/mol. The lowest BCUT2D eigenvalue weighted by Crippen LogP contribution is -2.50. The van der Waals surface area contributed by atoms with E-state index >= 15 is 0 Å². The van der Waals surface area contributed by atoms with Gasteiger partial charge in [0, 0.05) is 23.5 Å². The van der Waals surface area contributed by atoms with Gasteiger partial charge in [-0.2, -0.15) is 0 Å². The van der Waals surface area contributed by atoms with E-state index in [1.807, 2.05) is 0 Å². The second-order valence-electron chi connectivity index (χ2n) is 5.98. The van der Waals surface area contributed by atoms with E-state index in [1.165, 1.54) is 12.1 Å². The third-order valence-corrected chi connectivity index (χ3v) is 4.89. The Kier molecular flexibility index (Phi) is 7.24. The molecule has 1 aliphatic rings. The van der Waals surface area contributed by atoms with Gasteiger partial charge in [-0.25, -0.2) is 8.78 Å². The summed E-state index contributed by atoms with van der Waals surface area (Å²) in [7, 11) is 0. The standard InChI is InChI=1S/C18H16Cl2F2N2O.ClH/c19-11-2-3-13(14(20)8-11)18(25)24-17-9-23-6-5-12(17)10-1-4-15(21)16(22)7-10;/h1-4,7-8,12,17,23H,5-6,9H2,(H,24,25);1H. The number of hydrogen-bond donors (Lipinski definition) is 2. The molecule has 0 aliphatic carbocycles. The summed E-state index contributed by atoms with van der Waals surface area (Å²) in [4.78, 5) is 12.5. The Hall–Kier alpha value is -1.40. The predicted octanol–water partition coefficient (Wildman–Crippen LogP) is 4.57. The summed E-state index contributed by atoms with van der Waals surface area (Å²) < 4.78 is 26.8. The van der Waals surface area contributed by atoms with Gasteiger partial charge in [-0.05, 0) is 48.9 Å². The number of rotatable bonds is 3. The van der Waals surface area contributed by atoms with Gasteiger partial charge in [-0.15, -0.1) is 12.4 Å². The van der Waals surface area contributed by atoms with Crippen molar-refractivity contribution in [3.05, 3.63) is 69.2 Å². The molecule has 2 atom stereocenters. The molecule has 0 saturated carbocycles. The highest BCUT2D eigenvalue weighted by Gasteiger charge is 2.29. The largest absolute Gasteiger partial charge is 0.347 e. The van der Waals surface area contributed by atoms with Crippen LogP contribution in [0.3, 0.4) is 0 Å². The SMILES string of the molecule is Cl.O=C(NC1CNCCC1c1ccc(F)c(F)c1)c1ccc(Cl)cc1Cl. The minimum absolute atomic E-state index is 0. The molecule has 0 bridgehead atoms. The van der Waals surface area contributed by atoms with Crippen LogP contribution in [-0.2, 0) is 0 Å². The number of hydrogen-bond acceptors (Lipinski definition) is 2. The number of benzene rings is 2. The molecule has 26 heavy (non-hydrogen) atoms. The zero-order valence-electron chi connectivity index (χ0n) is 13.6. The van der Waals surface area contributed by atoms with Crippen LogP contribution >= 0.6 is 35.6 Å². The van der Waals surface area contributed by atoms with Crippen LogP contribution in [0.15, 0.2) is 36.4 Å². The number of carbonyl (C=O) groups excluding carboxylic acids is 1. The van der Waals surface area contributed by atoms with E-state index in [4.69, 9.17) is 23.2 Å². The van der Waals surface area contributed by atoms with E-state index in [0.29, 0.717) is 29.1 Å². The third kappa shape index (κ3) is 4.65. The van der Waals surface area contributed by atoms with E-state index in [2.05, 4.69) is 10.6 Å². The van der Waals surface area contributed by atoms with Crippen molar-refractivity contribution in [3.8, 4) is 0 Å². The average Bonchev–Trinajstić information content (AvgIpc) is 2.58. The molecular formula is C18H17Cl3F2N2O. The zero-order valence-corrected chi connectivity index (χ0v) is 15.9. The Balaban J connectivity index is 0.00000243. The summed E-state index contributed by atoms with van der Waals surface area (Å²) in [5, 5.41) is 6.84. The molecule has 1 saturated heterocycles. The van der Waals surface area contributed by atoms with Gasteiger partial charge in [-0.1, -0.05) is 29.3 Å². The van der Waals surface area contributed by atoms with Gasteiger partial charge >= 0.3 is 0 Å². The Morgan fingerprint density at radius 2 is 1.88 bits per heavy atom. The number of piperidine rings is 1. The van der Waals surface area contributed by atoms with Crippen LogP contribution in [0.1, 0.15) is 28.3 Å². The van der Waals surface area contributed by atoms with Crippen LogP contribution in [0.5, 0.6) is 0 Å². The van der Waals surface area contributed by atoms with E-state index in [-0.39, 0.29) is 35.3 Å². The maximum absolute atomic E-state index is 13.6. The summed E-state index contributed by atoms with van der Waals surface area (Å²) in [5.41, 5.74) is 0.980. The van der Waals surface area contributed by atoms with Crippen molar-refractivity contribution in [3.63, 3.8) is 0 Å². The average molecular weight is 422 g/mol. The summed E-state index contributed by atoms with van der Waals surface area (Å²) in [5.74, 6) is -2.22. The second kappa shape index (κ2) is 9.00. The first-order chi connectivity index (χ1) is 12.0. The monoisotopic (exact) mass is 420 g/mol. The first-order valence-corrected chi connectivity index (χ1v) is 8.63. The molecule has 2 unspecified atom stereocenters. The number of halogens is 5. The van der Waals surface area contributed by atoms with Crippen molar-refractivity contribution in [1.29, 1.82) is 0 Å². The number of carbonyl (C=O) groups is 1. The molecule has 0 radical (unpaired) electrons. The van der Waals surface area contributed by atoms with E-state index < -0.39 is 11.6 Å². The second-order valence-corrected chi connectivity index (χ2v) is 6.82.